The lowest BCUT2D eigenvalue weighted by atomic mass is 10.1. The molecule has 0 amide bonds. The molecule has 0 spiro atoms. The number of benzene rings is 1. The van der Waals surface area contributed by atoms with Crippen LogP contribution in [0.25, 0.3) is 16.9 Å². The lowest BCUT2D eigenvalue weighted by molar-refractivity contribution is 0.632. The highest BCUT2D eigenvalue weighted by molar-refractivity contribution is 5.67. The number of aromatic nitrogens is 5. The fourth-order valence-corrected chi connectivity index (χ4v) is 3.80. The lowest BCUT2D eigenvalue weighted by Gasteiger charge is -2.36. The van der Waals surface area contributed by atoms with E-state index in [0.29, 0.717) is 0 Å². The van der Waals surface area contributed by atoms with Gasteiger partial charge in [-0.3, -0.25) is 0 Å². The minimum absolute atomic E-state index is 0.868. The Morgan fingerprint density at radius 2 is 1.69 bits per heavy atom. The van der Waals surface area contributed by atoms with E-state index in [9.17, 15) is 0 Å². The van der Waals surface area contributed by atoms with Gasteiger partial charge in [-0.2, -0.15) is 9.61 Å². The summed E-state index contributed by atoms with van der Waals surface area (Å²) in [6.45, 7) is 5.74. The lowest BCUT2D eigenvalue weighted by Crippen LogP contribution is -2.47. The third-order valence-electron chi connectivity index (χ3n) is 5.41. The van der Waals surface area contributed by atoms with E-state index < -0.39 is 0 Å². The van der Waals surface area contributed by atoms with Crippen molar-refractivity contribution in [1.29, 1.82) is 0 Å². The molecule has 0 saturated carbocycles. The largest absolute Gasteiger partial charge is 0.353 e. The van der Waals surface area contributed by atoms with E-state index in [2.05, 4.69) is 56.1 Å². The predicted molar refractivity (Wildman–Crippen MR) is 114 cm³/mol. The van der Waals surface area contributed by atoms with E-state index in [1.807, 2.05) is 35.0 Å². The molecule has 7 nitrogen and oxygen atoms in total. The summed E-state index contributed by atoms with van der Waals surface area (Å²) in [6.07, 6.45) is 4.40. The maximum absolute atomic E-state index is 4.79. The molecule has 1 saturated heterocycles. The molecule has 146 valence electrons. The van der Waals surface area contributed by atoms with Gasteiger partial charge in [-0.15, -0.1) is 0 Å². The molecule has 0 atom stereocenters. The van der Waals surface area contributed by atoms with E-state index in [1.165, 1.54) is 0 Å². The first-order valence-corrected chi connectivity index (χ1v) is 10.0. The highest BCUT2D eigenvalue weighted by Gasteiger charge is 2.21. The smallest absolute Gasteiger partial charge is 0.157 e. The van der Waals surface area contributed by atoms with Crippen LogP contribution in [0, 0.1) is 0 Å². The third-order valence-corrected chi connectivity index (χ3v) is 5.41. The van der Waals surface area contributed by atoms with Gasteiger partial charge in [-0.25, -0.2) is 15.0 Å². The van der Waals surface area contributed by atoms with Gasteiger partial charge in [0.15, 0.2) is 5.65 Å². The number of fused-ring (bicyclic) bond motifs is 1. The average Bonchev–Trinajstić information content (AvgIpc) is 3.28. The Morgan fingerprint density at radius 3 is 2.48 bits per heavy atom. The summed E-state index contributed by atoms with van der Waals surface area (Å²) in [5.41, 5.74) is 4.04. The van der Waals surface area contributed by atoms with Gasteiger partial charge in [0.05, 0.1) is 11.9 Å². The zero-order valence-electron chi connectivity index (χ0n) is 16.4. The predicted octanol–water partition coefficient (Wildman–Crippen LogP) is 3.08. The number of aryl methyl sites for hydroxylation is 1. The van der Waals surface area contributed by atoms with Crippen LogP contribution >= 0.6 is 0 Å². The summed E-state index contributed by atoms with van der Waals surface area (Å²) >= 11 is 0. The first kappa shape index (κ1) is 17.6. The van der Waals surface area contributed by atoms with Crippen LogP contribution in [0.1, 0.15) is 12.6 Å². The summed E-state index contributed by atoms with van der Waals surface area (Å²) in [5.74, 6) is 2.09. The SMILES string of the molecule is CCc1cc(N2CCN(c3cc(-c4ccccc4)nc4ccnn34)CC2)ncn1. The topological polar surface area (TPSA) is 62.5 Å². The van der Waals surface area contributed by atoms with Crippen molar-refractivity contribution in [2.75, 3.05) is 36.0 Å². The summed E-state index contributed by atoms with van der Waals surface area (Å²) in [4.78, 5) is 18.3. The van der Waals surface area contributed by atoms with E-state index >= 15 is 0 Å². The molecule has 4 heterocycles. The second-order valence-corrected chi connectivity index (χ2v) is 7.16. The molecule has 1 fully saturated rings. The van der Waals surface area contributed by atoms with Crippen LogP contribution in [-0.4, -0.2) is 50.7 Å². The van der Waals surface area contributed by atoms with Gasteiger partial charge in [0.1, 0.15) is 18.0 Å². The van der Waals surface area contributed by atoms with Crippen LogP contribution in [0.3, 0.4) is 0 Å². The van der Waals surface area contributed by atoms with Crippen LogP contribution in [-0.2, 0) is 6.42 Å². The number of hydrogen-bond acceptors (Lipinski definition) is 6. The molecule has 7 heteroatoms. The maximum atomic E-state index is 4.79. The number of anilines is 2. The summed E-state index contributed by atoms with van der Waals surface area (Å²) in [5, 5.41) is 4.51. The van der Waals surface area contributed by atoms with E-state index in [0.717, 1.165) is 66.8 Å². The van der Waals surface area contributed by atoms with Crippen LogP contribution < -0.4 is 9.80 Å². The fraction of sp³-hybridized carbons (Fsp3) is 0.273. The quantitative estimate of drug-likeness (QED) is 0.538. The van der Waals surface area contributed by atoms with Crippen LogP contribution in [0.4, 0.5) is 11.6 Å². The molecular formula is C22H23N7. The Morgan fingerprint density at radius 1 is 0.897 bits per heavy atom. The van der Waals surface area contributed by atoms with Gasteiger partial charge in [-0.1, -0.05) is 37.3 Å². The van der Waals surface area contributed by atoms with Crippen molar-refractivity contribution in [3.05, 3.63) is 66.7 Å². The summed E-state index contributed by atoms with van der Waals surface area (Å²) < 4.78 is 1.93. The molecule has 0 aliphatic carbocycles. The fourth-order valence-electron chi connectivity index (χ4n) is 3.80. The van der Waals surface area contributed by atoms with Gasteiger partial charge in [0.2, 0.25) is 0 Å². The zero-order valence-corrected chi connectivity index (χ0v) is 16.4. The van der Waals surface area contributed by atoms with Crippen molar-refractivity contribution in [2.45, 2.75) is 13.3 Å². The van der Waals surface area contributed by atoms with Crippen LogP contribution in [0.5, 0.6) is 0 Å². The average molecular weight is 385 g/mol. The minimum atomic E-state index is 0.868. The van der Waals surface area contributed by atoms with Gasteiger partial charge in [-0.05, 0) is 6.42 Å². The Kier molecular flexibility index (Phi) is 4.56. The highest BCUT2D eigenvalue weighted by Crippen LogP contribution is 2.26. The number of rotatable bonds is 4. The molecule has 1 aliphatic heterocycles. The molecular weight excluding hydrogens is 362 g/mol. The molecule has 4 aromatic rings. The van der Waals surface area contributed by atoms with Gasteiger partial charge in [0.25, 0.3) is 0 Å². The van der Waals surface area contributed by atoms with Crippen molar-refractivity contribution in [1.82, 2.24) is 24.6 Å². The van der Waals surface area contributed by atoms with Gasteiger partial charge < -0.3 is 9.80 Å². The van der Waals surface area contributed by atoms with Crippen molar-refractivity contribution in [3.63, 3.8) is 0 Å². The summed E-state index contributed by atoms with van der Waals surface area (Å²) in [7, 11) is 0. The standard InChI is InChI=1S/C22H23N7/c1-2-18-14-21(24-16-23-18)27-10-12-28(13-11-27)22-15-19(17-6-4-3-5-7-17)26-20-8-9-25-29(20)22/h3-9,14-16H,2,10-13H2,1H3. The third kappa shape index (κ3) is 3.40. The van der Waals surface area contributed by atoms with Crippen molar-refractivity contribution >= 4 is 17.3 Å². The monoisotopic (exact) mass is 385 g/mol. The Bertz CT molecular complexity index is 1110. The van der Waals surface area contributed by atoms with Crippen LogP contribution in [0.2, 0.25) is 0 Å². The molecule has 0 unspecified atom stereocenters. The molecule has 29 heavy (non-hydrogen) atoms. The van der Waals surface area contributed by atoms with Crippen LogP contribution in [0.15, 0.2) is 61.1 Å². The molecule has 1 aliphatic rings. The summed E-state index contributed by atoms with van der Waals surface area (Å²) in [6, 6.07) is 16.5. The molecule has 0 bridgehead atoms. The highest BCUT2D eigenvalue weighted by atomic mass is 15.4. The van der Waals surface area contributed by atoms with E-state index in [4.69, 9.17) is 4.98 Å². The van der Waals surface area contributed by atoms with E-state index in [1.54, 1.807) is 6.33 Å². The number of nitrogens with zero attached hydrogens (tertiary/aromatic N) is 7. The minimum Gasteiger partial charge on any atom is -0.353 e. The Balaban J connectivity index is 1.42. The van der Waals surface area contributed by atoms with Crippen molar-refractivity contribution in [2.24, 2.45) is 0 Å². The molecule has 5 rings (SSSR count). The number of piperazine rings is 1. The molecule has 0 radical (unpaired) electrons. The number of hydrogen-bond donors (Lipinski definition) is 0. The molecule has 0 N–H and O–H groups in total. The second-order valence-electron chi connectivity index (χ2n) is 7.16. The molecule has 3 aromatic heterocycles. The van der Waals surface area contributed by atoms with Crippen molar-refractivity contribution < 1.29 is 0 Å². The Hall–Kier alpha value is -3.48. The normalized spacial score (nSPS) is 14.5. The van der Waals surface area contributed by atoms with Gasteiger partial charge in [0, 0.05) is 55.6 Å². The van der Waals surface area contributed by atoms with E-state index in [-0.39, 0.29) is 0 Å². The molecule has 1 aromatic carbocycles. The van der Waals surface area contributed by atoms with Crippen molar-refractivity contribution in [3.8, 4) is 11.3 Å². The Labute approximate surface area is 169 Å². The second kappa shape index (κ2) is 7.50. The first-order valence-electron chi connectivity index (χ1n) is 10.0. The maximum Gasteiger partial charge on any atom is 0.157 e. The zero-order chi connectivity index (χ0) is 19.6. The first-order chi connectivity index (χ1) is 14.3. The van der Waals surface area contributed by atoms with Gasteiger partial charge >= 0.3 is 0 Å².